The largest absolute Gasteiger partial charge is 0.494 e. The number of carbonyl (C=O) groups excluding carboxylic acids is 2. The maximum Gasteiger partial charge on any atom is 0.338 e. The van der Waals surface area contributed by atoms with Gasteiger partial charge in [0, 0.05) is 6.26 Å². The van der Waals surface area contributed by atoms with Crippen molar-refractivity contribution in [3.63, 3.8) is 0 Å². The van der Waals surface area contributed by atoms with E-state index in [0.717, 1.165) is 19.1 Å². The molecule has 0 aliphatic heterocycles. The van der Waals surface area contributed by atoms with Crippen LogP contribution in [0, 0.1) is 0 Å². The second kappa shape index (κ2) is 10.3. The number of unbranched alkanes of at least 4 members (excludes halogenated alkanes) is 1. The Balaban J connectivity index is 1.91. The summed E-state index contributed by atoms with van der Waals surface area (Å²) in [4.78, 5) is 24.1. The van der Waals surface area contributed by atoms with Gasteiger partial charge in [-0.2, -0.15) is 0 Å². The lowest BCUT2D eigenvalue weighted by atomic mass is 10.2. The van der Waals surface area contributed by atoms with Crippen LogP contribution in [0.15, 0.2) is 47.4 Å². The van der Waals surface area contributed by atoms with E-state index in [4.69, 9.17) is 21.1 Å². The van der Waals surface area contributed by atoms with Crippen molar-refractivity contribution in [2.45, 2.75) is 24.7 Å². The van der Waals surface area contributed by atoms with E-state index in [9.17, 15) is 18.0 Å². The van der Waals surface area contributed by atoms with Crippen LogP contribution < -0.4 is 10.1 Å². The molecule has 2 aromatic carbocycles. The standard InChI is InChI=1S/C20H22ClNO6S/c1-3-4-11-27-15-7-5-14(6-8-15)20(24)28-13-19(23)22-18-12-16(29(2,25)26)9-10-17(18)21/h5-10,12H,3-4,11,13H2,1-2H3,(H,22,23). The lowest BCUT2D eigenvalue weighted by Crippen LogP contribution is -2.21. The van der Waals surface area contributed by atoms with Crippen LogP contribution in [0.1, 0.15) is 30.1 Å². The summed E-state index contributed by atoms with van der Waals surface area (Å²) in [6.07, 6.45) is 3.01. The van der Waals surface area contributed by atoms with Crippen molar-refractivity contribution in [3.8, 4) is 5.75 Å². The van der Waals surface area contributed by atoms with E-state index in [1.807, 2.05) is 0 Å². The molecular formula is C20H22ClNO6S. The molecule has 0 unspecified atom stereocenters. The molecule has 0 bridgehead atoms. The van der Waals surface area contributed by atoms with Gasteiger partial charge in [-0.1, -0.05) is 24.9 Å². The SMILES string of the molecule is CCCCOc1ccc(C(=O)OCC(=O)Nc2cc(S(C)(=O)=O)ccc2Cl)cc1. The zero-order valence-corrected chi connectivity index (χ0v) is 17.7. The molecule has 0 radical (unpaired) electrons. The summed E-state index contributed by atoms with van der Waals surface area (Å²) in [7, 11) is -3.46. The van der Waals surface area contributed by atoms with Crippen molar-refractivity contribution in [1.82, 2.24) is 0 Å². The molecule has 29 heavy (non-hydrogen) atoms. The molecule has 0 aromatic heterocycles. The predicted octanol–water partition coefficient (Wildman–Crippen LogP) is 3.72. The highest BCUT2D eigenvalue weighted by Gasteiger charge is 2.14. The lowest BCUT2D eigenvalue weighted by Gasteiger charge is -2.10. The molecule has 156 valence electrons. The lowest BCUT2D eigenvalue weighted by molar-refractivity contribution is -0.119. The van der Waals surface area contributed by atoms with Crippen LogP contribution in [-0.2, 0) is 19.4 Å². The number of amides is 1. The Labute approximate surface area is 174 Å². The van der Waals surface area contributed by atoms with Crippen molar-refractivity contribution in [3.05, 3.63) is 53.1 Å². The highest BCUT2D eigenvalue weighted by molar-refractivity contribution is 7.90. The molecule has 7 nitrogen and oxygen atoms in total. The molecule has 0 fully saturated rings. The zero-order valence-electron chi connectivity index (χ0n) is 16.1. The van der Waals surface area contributed by atoms with Crippen molar-refractivity contribution >= 4 is 39.0 Å². The van der Waals surface area contributed by atoms with Crippen LogP contribution in [0.5, 0.6) is 5.75 Å². The van der Waals surface area contributed by atoms with Gasteiger partial charge in [-0.15, -0.1) is 0 Å². The van der Waals surface area contributed by atoms with E-state index in [2.05, 4.69) is 12.2 Å². The third kappa shape index (κ3) is 7.07. The van der Waals surface area contributed by atoms with Crippen LogP contribution in [-0.4, -0.2) is 39.8 Å². The first-order valence-electron chi connectivity index (χ1n) is 8.90. The fourth-order valence-corrected chi connectivity index (χ4v) is 3.07. The molecule has 2 rings (SSSR count). The third-order valence-electron chi connectivity index (χ3n) is 3.83. The minimum atomic E-state index is -3.46. The number of esters is 1. The van der Waals surface area contributed by atoms with E-state index in [1.54, 1.807) is 24.3 Å². The van der Waals surface area contributed by atoms with E-state index < -0.39 is 28.3 Å². The summed E-state index contributed by atoms with van der Waals surface area (Å²) in [5.74, 6) is -0.671. The minimum absolute atomic E-state index is 0.00967. The minimum Gasteiger partial charge on any atom is -0.494 e. The van der Waals surface area contributed by atoms with Gasteiger partial charge in [0.1, 0.15) is 5.75 Å². The molecule has 0 saturated carbocycles. The quantitative estimate of drug-likeness (QED) is 0.472. The number of ether oxygens (including phenoxy) is 2. The van der Waals surface area contributed by atoms with E-state index in [-0.39, 0.29) is 21.2 Å². The number of anilines is 1. The van der Waals surface area contributed by atoms with Gasteiger partial charge in [0.2, 0.25) is 0 Å². The number of hydrogen-bond donors (Lipinski definition) is 1. The Hall–Kier alpha value is -2.58. The second-order valence-corrected chi connectivity index (χ2v) is 8.69. The summed E-state index contributed by atoms with van der Waals surface area (Å²) >= 11 is 5.98. The number of benzene rings is 2. The van der Waals surface area contributed by atoms with Gasteiger partial charge in [-0.05, 0) is 48.9 Å². The Bertz CT molecular complexity index is 973. The molecule has 0 heterocycles. The van der Waals surface area contributed by atoms with Crippen LogP contribution >= 0.6 is 11.6 Å². The van der Waals surface area contributed by atoms with E-state index >= 15 is 0 Å². The Morgan fingerprint density at radius 3 is 2.41 bits per heavy atom. The van der Waals surface area contributed by atoms with Crippen molar-refractivity contribution in [1.29, 1.82) is 0 Å². The molecule has 0 atom stereocenters. The fraction of sp³-hybridized carbons (Fsp3) is 0.300. The van der Waals surface area contributed by atoms with Gasteiger partial charge in [0.25, 0.3) is 5.91 Å². The van der Waals surface area contributed by atoms with E-state index in [1.165, 1.54) is 18.2 Å². The summed E-state index contributed by atoms with van der Waals surface area (Å²) in [5.41, 5.74) is 0.391. The summed E-state index contributed by atoms with van der Waals surface area (Å²) in [6.45, 7) is 2.12. The van der Waals surface area contributed by atoms with Crippen molar-refractivity contribution in [2.24, 2.45) is 0 Å². The predicted molar refractivity (Wildman–Crippen MR) is 110 cm³/mol. The summed E-state index contributed by atoms with van der Waals surface area (Å²) < 4.78 is 33.7. The Morgan fingerprint density at radius 1 is 1.10 bits per heavy atom. The number of sulfone groups is 1. The highest BCUT2D eigenvalue weighted by atomic mass is 35.5. The fourth-order valence-electron chi connectivity index (χ4n) is 2.25. The summed E-state index contributed by atoms with van der Waals surface area (Å²) in [6, 6.07) is 10.4. The Morgan fingerprint density at radius 2 is 1.79 bits per heavy atom. The van der Waals surface area contributed by atoms with Gasteiger partial charge < -0.3 is 14.8 Å². The average Bonchev–Trinajstić information content (AvgIpc) is 2.67. The van der Waals surface area contributed by atoms with Crippen molar-refractivity contribution < 1.29 is 27.5 Å². The number of nitrogens with one attached hydrogen (secondary N) is 1. The van der Waals surface area contributed by atoms with Gasteiger partial charge >= 0.3 is 5.97 Å². The Kier molecular flexibility index (Phi) is 8.04. The molecule has 0 spiro atoms. The smallest absolute Gasteiger partial charge is 0.338 e. The first-order valence-corrected chi connectivity index (χ1v) is 11.2. The molecule has 0 saturated heterocycles. The van der Waals surface area contributed by atoms with Crippen LogP contribution in [0.25, 0.3) is 0 Å². The second-order valence-electron chi connectivity index (χ2n) is 6.26. The van der Waals surface area contributed by atoms with Gasteiger partial charge in [0.05, 0.1) is 27.8 Å². The number of hydrogen-bond acceptors (Lipinski definition) is 6. The first kappa shape index (κ1) is 22.7. The maximum absolute atomic E-state index is 12.1. The highest BCUT2D eigenvalue weighted by Crippen LogP contribution is 2.25. The molecule has 2 aromatic rings. The monoisotopic (exact) mass is 439 g/mol. The van der Waals surface area contributed by atoms with Crippen LogP contribution in [0.3, 0.4) is 0 Å². The number of rotatable bonds is 9. The topological polar surface area (TPSA) is 98.8 Å². The molecule has 1 N–H and O–H groups in total. The number of halogens is 1. The van der Waals surface area contributed by atoms with E-state index in [0.29, 0.717) is 12.4 Å². The van der Waals surface area contributed by atoms with Crippen molar-refractivity contribution in [2.75, 3.05) is 24.8 Å². The average molecular weight is 440 g/mol. The molecular weight excluding hydrogens is 418 g/mol. The maximum atomic E-state index is 12.1. The van der Waals surface area contributed by atoms with Gasteiger partial charge in [-0.3, -0.25) is 4.79 Å². The zero-order chi connectivity index (χ0) is 21.4. The van der Waals surface area contributed by atoms with Crippen LogP contribution in [0.2, 0.25) is 5.02 Å². The molecule has 0 aliphatic rings. The molecule has 0 aliphatic carbocycles. The van der Waals surface area contributed by atoms with Gasteiger partial charge in [-0.25, -0.2) is 13.2 Å². The molecule has 1 amide bonds. The van der Waals surface area contributed by atoms with Gasteiger partial charge in [0.15, 0.2) is 16.4 Å². The number of carbonyl (C=O) groups is 2. The summed E-state index contributed by atoms with van der Waals surface area (Å²) in [5, 5.41) is 2.60. The first-order chi connectivity index (χ1) is 13.7. The molecule has 9 heteroatoms. The third-order valence-corrected chi connectivity index (χ3v) is 5.27. The normalized spacial score (nSPS) is 11.0. The van der Waals surface area contributed by atoms with Crippen LogP contribution in [0.4, 0.5) is 5.69 Å².